The lowest BCUT2D eigenvalue weighted by atomic mass is 10.1. The number of thiazole rings is 1. The quantitative estimate of drug-likeness (QED) is 0.847. The standard InChI is InChI=1S/C13H17N3O2S2/c1-8-4-5-9(2)13(12(8)14)20(17,18)16-6-11-10(3)15-7-19-11/h4-5,7,16H,6,14H2,1-3H3. The van der Waals surface area contributed by atoms with Gasteiger partial charge in [0.05, 0.1) is 16.9 Å². The lowest BCUT2D eigenvalue weighted by Gasteiger charge is -2.13. The second-order valence-electron chi connectivity index (χ2n) is 4.63. The first-order chi connectivity index (χ1) is 9.33. The average molecular weight is 311 g/mol. The van der Waals surface area contributed by atoms with Crippen molar-refractivity contribution in [2.45, 2.75) is 32.2 Å². The molecule has 0 saturated carbocycles. The van der Waals surface area contributed by atoms with Gasteiger partial charge in [0.25, 0.3) is 0 Å². The number of nitrogens with zero attached hydrogens (tertiary/aromatic N) is 1. The Morgan fingerprint density at radius 2 is 1.90 bits per heavy atom. The molecule has 3 N–H and O–H groups in total. The molecule has 0 bridgehead atoms. The van der Waals surface area contributed by atoms with Crippen LogP contribution in [0.1, 0.15) is 21.7 Å². The molecule has 0 unspecified atom stereocenters. The second kappa shape index (κ2) is 5.51. The van der Waals surface area contributed by atoms with E-state index in [1.165, 1.54) is 11.3 Å². The van der Waals surface area contributed by atoms with Crippen LogP contribution in [0.15, 0.2) is 22.5 Å². The highest BCUT2D eigenvalue weighted by Crippen LogP contribution is 2.26. The first-order valence-electron chi connectivity index (χ1n) is 6.07. The third-order valence-electron chi connectivity index (χ3n) is 3.15. The summed E-state index contributed by atoms with van der Waals surface area (Å²) in [4.78, 5) is 5.17. The molecule has 0 spiro atoms. The summed E-state index contributed by atoms with van der Waals surface area (Å²) in [6, 6.07) is 3.58. The fourth-order valence-corrected chi connectivity index (χ4v) is 4.12. The highest BCUT2D eigenvalue weighted by Gasteiger charge is 2.21. The van der Waals surface area contributed by atoms with Crippen molar-refractivity contribution in [3.8, 4) is 0 Å². The lowest BCUT2D eigenvalue weighted by Crippen LogP contribution is -2.25. The summed E-state index contributed by atoms with van der Waals surface area (Å²) in [5.74, 6) is 0. The molecule has 0 aliphatic rings. The van der Waals surface area contributed by atoms with Crippen LogP contribution in [0.25, 0.3) is 0 Å². The van der Waals surface area contributed by atoms with Crippen LogP contribution >= 0.6 is 11.3 Å². The molecule has 0 atom stereocenters. The maximum atomic E-state index is 12.4. The van der Waals surface area contributed by atoms with Crippen molar-refractivity contribution in [3.63, 3.8) is 0 Å². The SMILES string of the molecule is Cc1ccc(C)c(S(=O)(=O)NCc2scnc2C)c1N. The predicted octanol–water partition coefficient (Wildman–Crippen LogP) is 2.13. The Hall–Kier alpha value is -1.44. The molecular formula is C13H17N3O2S2. The zero-order chi connectivity index (χ0) is 14.9. The molecule has 20 heavy (non-hydrogen) atoms. The second-order valence-corrected chi connectivity index (χ2v) is 7.27. The number of hydrogen-bond donors (Lipinski definition) is 2. The third kappa shape index (κ3) is 2.84. The van der Waals surface area contributed by atoms with E-state index in [9.17, 15) is 8.42 Å². The van der Waals surface area contributed by atoms with E-state index in [2.05, 4.69) is 9.71 Å². The van der Waals surface area contributed by atoms with Gasteiger partial charge in [0.15, 0.2) is 0 Å². The van der Waals surface area contributed by atoms with Crippen LogP contribution in [0.4, 0.5) is 5.69 Å². The number of nitrogens with one attached hydrogen (secondary N) is 1. The Labute approximate surface area is 122 Å². The van der Waals surface area contributed by atoms with Gasteiger partial charge in [0, 0.05) is 11.4 Å². The van der Waals surface area contributed by atoms with Gasteiger partial charge >= 0.3 is 0 Å². The maximum Gasteiger partial charge on any atom is 0.243 e. The first kappa shape index (κ1) is 15.0. The van der Waals surface area contributed by atoms with Gasteiger partial charge in [0.1, 0.15) is 4.90 Å². The normalized spacial score (nSPS) is 11.8. The van der Waals surface area contributed by atoms with Crippen LogP contribution in [0.3, 0.4) is 0 Å². The number of rotatable bonds is 4. The largest absolute Gasteiger partial charge is 0.397 e. The van der Waals surface area contributed by atoms with Gasteiger partial charge in [-0.15, -0.1) is 11.3 Å². The molecule has 1 aromatic carbocycles. The molecule has 1 aromatic heterocycles. The van der Waals surface area contributed by atoms with E-state index in [1.54, 1.807) is 25.4 Å². The summed E-state index contributed by atoms with van der Waals surface area (Å²) < 4.78 is 27.4. The average Bonchev–Trinajstić information content (AvgIpc) is 2.77. The number of benzene rings is 1. The summed E-state index contributed by atoms with van der Waals surface area (Å²) >= 11 is 1.43. The topological polar surface area (TPSA) is 85.1 Å². The Kier molecular flexibility index (Phi) is 4.12. The van der Waals surface area contributed by atoms with Crippen LogP contribution in [-0.2, 0) is 16.6 Å². The summed E-state index contributed by atoms with van der Waals surface area (Å²) in [5.41, 5.74) is 10.2. The van der Waals surface area contributed by atoms with Crippen molar-refractivity contribution in [1.29, 1.82) is 0 Å². The monoisotopic (exact) mass is 311 g/mol. The molecule has 7 heteroatoms. The van der Waals surface area contributed by atoms with E-state index in [0.29, 0.717) is 11.3 Å². The van der Waals surface area contributed by atoms with Gasteiger partial charge in [0.2, 0.25) is 10.0 Å². The first-order valence-corrected chi connectivity index (χ1v) is 8.43. The van der Waals surface area contributed by atoms with Gasteiger partial charge in [-0.3, -0.25) is 0 Å². The van der Waals surface area contributed by atoms with E-state index in [4.69, 9.17) is 5.73 Å². The van der Waals surface area contributed by atoms with Gasteiger partial charge in [-0.1, -0.05) is 12.1 Å². The molecule has 5 nitrogen and oxygen atoms in total. The molecule has 0 radical (unpaired) electrons. The Balaban J connectivity index is 2.32. The molecule has 0 aliphatic carbocycles. The van der Waals surface area contributed by atoms with Crippen LogP contribution in [0.5, 0.6) is 0 Å². The van der Waals surface area contributed by atoms with E-state index in [0.717, 1.165) is 16.1 Å². The molecule has 2 aromatic rings. The number of anilines is 1. The van der Waals surface area contributed by atoms with Crippen LogP contribution in [0.2, 0.25) is 0 Å². The highest BCUT2D eigenvalue weighted by molar-refractivity contribution is 7.89. The molecule has 108 valence electrons. The van der Waals surface area contributed by atoms with Crippen molar-refractivity contribution < 1.29 is 8.42 Å². The molecule has 0 aliphatic heterocycles. The van der Waals surface area contributed by atoms with Gasteiger partial charge in [-0.2, -0.15) is 0 Å². The van der Waals surface area contributed by atoms with E-state index >= 15 is 0 Å². The Morgan fingerprint density at radius 3 is 2.50 bits per heavy atom. The molecule has 0 amide bonds. The molecule has 0 fully saturated rings. The number of nitrogens with two attached hydrogens (primary N) is 1. The molecule has 1 heterocycles. The van der Waals surface area contributed by atoms with Gasteiger partial charge in [-0.05, 0) is 31.9 Å². The minimum Gasteiger partial charge on any atom is -0.397 e. The summed E-state index contributed by atoms with van der Waals surface area (Å²) in [7, 11) is -3.63. The number of hydrogen-bond acceptors (Lipinski definition) is 5. The minimum absolute atomic E-state index is 0.166. The van der Waals surface area contributed by atoms with E-state index in [-0.39, 0.29) is 11.4 Å². The van der Waals surface area contributed by atoms with Crippen molar-refractivity contribution in [1.82, 2.24) is 9.71 Å². The van der Waals surface area contributed by atoms with E-state index in [1.807, 2.05) is 13.0 Å². The Morgan fingerprint density at radius 1 is 1.25 bits per heavy atom. The zero-order valence-corrected chi connectivity index (χ0v) is 13.2. The smallest absolute Gasteiger partial charge is 0.243 e. The van der Waals surface area contributed by atoms with Crippen LogP contribution in [-0.4, -0.2) is 13.4 Å². The molecule has 2 rings (SSSR count). The summed E-state index contributed by atoms with van der Waals surface area (Å²) in [6.07, 6.45) is 0. The minimum atomic E-state index is -3.63. The molecular weight excluding hydrogens is 294 g/mol. The maximum absolute atomic E-state index is 12.4. The van der Waals surface area contributed by atoms with Gasteiger partial charge < -0.3 is 5.73 Å². The third-order valence-corrected chi connectivity index (χ3v) is 5.69. The zero-order valence-electron chi connectivity index (χ0n) is 11.6. The number of aryl methyl sites for hydroxylation is 3. The Bertz CT molecular complexity index is 736. The van der Waals surface area contributed by atoms with Crippen molar-refractivity contribution in [3.05, 3.63) is 39.3 Å². The summed E-state index contributed by atoms with van der Waals surface area (Å²) in [5, 5.41) is 0. The van der Waals surface area contributed by atoms with Crippen molar-refractivity contribution in [2.75, 3.05) is 5.73 Å². The number of sulfonamides is 1. The fraction of sp³-hybridized carbons (Fsp3) is 0.308. The number of aromatic nitrogens is 1. The van der Waals surface area contributed by atoms with Crippen LogP contribution < -0.4 is 10.5 Å². The molecule has 0 saturated heterocycles. The van der Waals surface area contributed by atoms with E-state index < -0.39 is 10.0 Å². The van der Waals surface area contributed by atoms with Crippen molar-refractivity contribution in [2.24, 2.45) is 0 Å². The fourth-order valence-electron chi connectivity index (χ4n) is 1.89. The van der Waals surface area contributed by atoms with Gasteiger partial charge in [-0.25, -0.2) is 18.1 Å². The summed E-state index contributed by atoms with van der Waals surface area (Å²) in [6.45, 7) is 5.61. The van der Waals surface area contributed by atoms with Crippen LogP contribution in [0, 0.1) is 20.8 Å². The highest BCUT2D eigenvalue weighted by atomic mass is 32.2. The predicted molar refractivity (Wildman–Crippen MR) is 81.2 cm³/mol. The van der Waals surface area contributed by atoms with Crippen molar-refractivity contribution >= 4 is 27.0 Å². The number of nitrogen functional groups attached to an aromatic ring is 1. The lowest BCUT2D eigenvalue weighted by molar-refractivity contribution is 0.581.